The predicted molar refractivity (Wildman–Crippen MR) is 77.3 cm³/mol. The van der Waals surface area contributed by atoms with Crippen molar-refractivity contribution in [2.45, 2.75) is 12.3 Å². The van der Waals surface area contributed by atoms with Gasteiger partial charge in [0.1, 0.15) is 0 Å². The zero-order chi connectivity index (χ0) is 15.2. The zero-order valence-electron chi connectivity index (χ0n) is 11.7. The van der Waals surface area contributed by atoms with E-state index in [2.05, 4.69) is 4.74 Å². The molecule has 0 bridgehead atoms. The fraction of sp³-hybridized carbons (Fsp3) is 0.462. The van der Waals surface area contributed by atoms with E-state index in [1.807, 2.05) is 6.07 Å². The molecule has 20 heavy (non-hydrogen) atoms. The van der Waals surface area contributed by atoms with E-state index in [-0.39, 0.29) is 18.5 Å². The number of ether oxygens (including phenoxy) is 1. The van der Waals surface area contributed by atoms with E-state index in [9.17, 15) is 9.36 Å². The fourth-order valence-corrected chi connectivity index (χ4v) is 3.35. The molecule has 7 heteroatoms. The van der Waals surface area contributed by atoms with Crippen molar-refractivity contribution in [3.05, 3.63) is 34.9 Å². The van der Waals surface area contributed by atoms with Crippen molar-refractivity contribution in [2.24, 2.45) is 0 Å². The van der Waals surface area contributed by atoms with E-state index in [4.69, 9.17) is 20.6 Å². The number of esters is 1. The molecular weight excluding hydrogens is 303 g/mol. The van der Waals surface area contributed by atoms with Gasteiger partial charge in [0.15, 0.2) is 0 Å². The Kier molecular flexibility index (Phi) is 6.69. The van der Waals surface area contributed by atoms with Gasteiger partial charge in [-0.05, 0) is 17.7 Å². The zero-order valence-corrected chi connectivity index (χ0v) is 13.3. The van der Waals surface area contributed by atoms with Gasteiger partial charge in [0.2, 0.25) is 0 Å². The van der Waals surface area contributed by atoms with Crippen LogP contribution in [0.2, 0.25) is 5.02 Å². The molecule has 1 unspecified atom stereocenters. The number of halogens is 1. The number of hydrogen-bond donors (Lipinski definition) is 0. The number of carbonyl (C=O) groups is 1. The standard InChI is InChI=1S/C13H18ClO5P/c1-17-13(15)8-11(9-20(16,18-2)19-3)10-5-4-6-12(14)7-10/h4-7,11H,8-9H2,1-3H3. The number of carbonyl (C=O) groups excluding carboxylic acids is 1. The Balaban J connectivity index is 3.02. The summed E-state index contributed by atoms with van der Waals surface area (Å²) in [7, 11) is 0.708. The lowest BCUT2D eigenvalue weighted by atomic mass is 9.98. The van der Waals surface area contributed by atoms with Gasteiger partial charge in [-0.25, -0.2) is 0 Å². The van der Waals surface area contributed by atoms with Crippen molar-refractivity contribution in [3.63, 3.8) is 0 Å². The topological polar surface area (TPSA) is 61.8 Å². The normalized spacial score (nSPS) is 13.0. The average Bonchev–Trinajstić information content (AvgIpc) is 2.46. The molecule has 0 aliphatic heterocycles. The summed E-state index contributed by atoms with van der Waals surface area (Å²) in [5, 5.41) is 0.544. The third-order valence-corrected chi connectivity index (χ3v) is 5.20. The van der Waals surface area contributed by atoms with Crippen molar-refractivity contribution in [3.8, 4) is 0 Å². The van der Waals surface area contributed by atoms with E-state index in [1.165, 1.54) is 21.3 Å². The number of hydrogen-bond acceptors (Lipinski definition) is 5. The number of rotatable bonds is 7. The Morgan fingerprint density at radius 2 is 1.95 bits per heavy atom. The predicted octanol–water partition coefficient (Wildman–Crippen LogP) is 3.47. The Morgan fingerprint density at radius 3 is 2.45 bits per heavy atom. The van der Waals surface area contributed by atoms with Crippen molar-refractivity contribution in [2.75, 3.05) is 27.5 Å². The highest BCUT2D eigenvalue weighted by Crippen LogP contribution is 2.50. The summed E-state index contributed by atoms with van der Waals surface area (Å²) in [6, 6.07) is 7.04. The summed E-state index contributed by atoms with van der Waals surface area (Å²) in [6.07, 6.45) is 0.156. The van der Waals surface area contributed by atoms with Crippen LogP contribution in [-0.4, -0.2) is 33.5 Å². The molecule has 1 aromatic rings. The monoisotopic (exact) mass is 320 g/mol. The molecule has 112 valence electrons. The number of methoxy groups -OCH3 is 1. The highest BCUT2D eigenvalue weighted by molar-refractivity contribution is 7.53. The molecule has 0 heterocycles. The van der Waals surface area contributed by atoms with Crippen LogP contribution in [0.3, 0.4) is 0 Å². The minimum atomic E-state index is -3.24. The van der Waals surface area contributed by atoms with Gasteiger partial charge in [0.25, 0.3) is 0 Å². The lowest BCUT2D eigenvalue weighted by Gasteiger charge is -2.21. The van der Waals surface area contributed by atoms with Crippen molar-refractivity contribution in [1.29, 1.82) is 0 Å². The van der Waals surface area contributed by atoms with Crippen molar-refractivity contribution < 1.29 is 23.1 Å². The van der Waals surface area contributed by atoms with Crippen LogP contribution >= 0.6 is 19.2 Å². The van der Waals surface area contributed by atoms with Gasteiger partial charge in [-0.3, -0.25) is 9.36 Å². The van der Waals surface area contributed by atoms with Gasteiger partial charge >= 0.3 is 13.6 Å². The fourth-order valence-electron chi connectivity index (χ4n) is 1.83. The maximum atomic E-state index is 12.3. The third kappa shape index (κ3) is 4.91. The van der Waals surface area contributed by atoms with Gasteiger partial charge < -0.3 is 13.8 Å². The molecule has 1 aromatic carbocycles. The third-order valence-electron chi connectivity index (χ3n) is 2.96. The molecule has 1 rings (SSSR count). The van der Waals surface area contributed by atoms with Crippen LogP contribution < -0.4 is 0 Å². The molecule has 0 aliphatic rings. The van der Waals surface area contributed by atoms with Crippen LogP contribution in [0, 0.1) is 0 Å². The maximum Gasteiger partial charge on any atom is 0.330 e. The maximum absolute atomic E-state index is 12.3. The summed E-state index contributed by atoms with van der Waals surface area (Å²) in [6.45, 7) is 0. The second-order valence-electron chi connectivity index (χ2n) is 4.19. The molecular formula is C13H18ClO5P. The molecule has 0 spiro atoms. The summed E-state index contributed by atoms with van der Waals surface area (Å²) in [4.78, 5) is 11.5. The van der Waals surface area contributed by atoms with Gasteiger partial charge in [-0.2, -0.15) is 0 Å². The van der Waals surface area contributed by atoms with E-state index in [1.54, 1.807) is 18.2 Å². The molecule has 5 nitrogen and oxygen atoms in total. The molecule has 1 atom stereocenters. The first-order valence-electron chi connectivity index (χ1n) is 5.97. The quantitative estimate of drug-likeness (QED) is 0.568. The molecule has 0 saturated heterocycles. The van der Waals surface area contributed by atoms with E-state index >= 15 is 0 Å². The van der Waals surface area contributed by atoms with Crippen LogP contribution in [0.5, 0.6) is 0 Å². The Labute approximate surface area is 123 Å². The van der Waals surface area contributed by atoms with Gasteiger partial charge in [0, 0.05) is 25.2 Å². The van der Waals surface area contributed by atoms with E-state index in [0.29, 0.717) is 5.02 Å². The molecule has 0 radical (unpaired) electrons. The molecule has 0 aromatic heterocycles. The summed E-state index contributed by atoms with van der Waals surface area (Å²) in [5.74, 6) is -0.749. The minimum Gasteiger partial charge on any atom is -0.469 e. The average molecular weight is 321 g/mol. The van der Waals surface area contributed by atoms with E-state index in [0.717, 1.165) is 5.56 Å². The Hall–Kier alpha value is -0.870. The SMILES string of the molecule is COC(=O)CC(CP(=O)(OC)OC)c1cccc(Cl)c1. The van der Waals surface area contributed by atoms with Crippen LogP contribution in [-0.2, 0) is 23.1 Å². The summed E-state index contributed by atoms with van der Waals surface area (Å²) >= 11 is 5.95. The van der Waals surface area contributed by atoms with Gasteiger partial charge in [0.05, 0.1) is 19.7 Å². The molecule has 0 fully saturated rings. The van der Waals surface area contributed by atoms with Crippen LogP contribution in [0.1, 0.15) is 17.9 Å². The van der Waals surface area contributed by atoms with Crippen molar-refractivity contribution >= 4 is 25.2 Å². The first-order valence-corrected chi connectivity index (χ1v) is 8.07. The first-order chi connectivity index (χ1) is 9.44. The minimum absolute atomic E-state index is 0.0769. The smallest absolute Gasteiger partial charge is 0.330 e. The molecule has 0 amide bonds. The largest absolute Gasteiger partial charge is 0.469 e. The second-order valence-corrected chi connectivity index (χ2v) is 6.94. The highest BCUT2D eigenvalue weighted by Gasteiger charge is 2.29. The van der Waals surface area contributed by atoms with E-state index < -0.39 is 13.6 Å². The molecule has 0 saturated carbocycles. The molecule has 0 N–H and O–H groups in total. The van der Waals surface area contributed by atoms with Gasteiger partial charge in [-0.15, -0.1) is 0 Å². The van der Waals surface area contributed by atoms with Crippen LogP contribution in [0.15, 0.2) is 24.3 Å². The lowest BCUT2D eigenvalue weighted by Crippen LogP contribution is -2.13. The molecule has 0 aliphatic carbocycles. The lowest BCUT2D eigenvalue weighted by molar-refractivity contribution is -0.140. The number of benzene rings is 1. The first kappa shape index (κ1) is 17.2. The Bertz CT molecular complexity index is 497. The van der Waals surface area contributed by atoms with Crippen molar-refractivity contribution in [1.82, 2.24) is 0 Å². The Morgan fingerprint density at radius 1 is 1.30 bits per heavy atom. The van der Waals surface area contributed by atoms with Crippen LogP contribution in [0.25, 0.3) is 0 Å². The summed E-state index contributed by atoms with van der Waals surface area (Å²) in [5.41, 5.74) is 0.789. The highest BCUT2D eigenvalue weighted by atomic mass is 35.5. The second kappa shape index (κ2) is 7.79. The van der Waals surface area contributed by atoms with Crippen LogP contribution in [0.4, 0.5) is 0 Å². The van der Waals surface area contributed by atoms with Gasteiger partial charge in [-0.1, -0.05) is 23.7 Å². The summed E-state index contributed by atoms with van der Waals surface area (Å²) < 4.78 is 26.8.